The summed E-state index contributed by atoms with van der Waals surface area (Å²) < 4.78 is 5.53. The van der Waals surface area contributed by atoms with E-state index < -0.39 is 0 Å². The first-order valence-corrected chi connectivity index (χ1v) is 6.29. The topological polar surface area (TPSA) is 21.3 Å². The van der Waals surface area contributed by atoms with Crippen LogP contribution in [0.15, 0.2) is 35.1 Å². The molecule has 3 aliphatic rings. The van der Waals surface area contributed by atoms with Gasteiger partial charge in [0.05, 0.1) is 7.11 Å². The molecular weight excluding hydrogens is 198 g/mol. The molecule has 0 aromatic rings. The van der Waals surface area contributed by atoms with Crippen molar-refractivity contribution in [3.63, 3.8) is 0 Å². The van der Waals surface area contributed by atoms with E-state index in [0.29, 0.717) is 12.0 Å². The Kier molecular flexibility index (Phi) is 2.60. The Balaban J connectivity index is 2.04. The predicted octanol–water partition coefficient (Wildman–Crippen LogP) is 2.55. The van der Waals surface area contributed by atoms with Crippen molar-refractivity contribution in [1.82, 2.24) is 5.32 Å². The van der Waals surface area contributed by atoms with Gasteiger partial charge in [-0.25, -0.2) is 0 Å². The van der Waals surface area contributed by atoms with Gasteiger partial charge in [0.25, 0.3) is 0 Å². The second-order valence-electron chi connectivity index (χ2n) is 4.85. The molecule has 0 bridgehead atoms. The average molecular weight is 217 g/mol. The zero-order valence-corrected chi connectivity index (χ0v) is 9.83. The van der Waals surface area contributed by atoms with Crippen LogP contribution in [0.5, 0.6) is 0 Å². The molecule has 3 rings (SSSR count). The molecule has 16 heavy (non-hydrogen) atoms. The fraction of sp³-hybridized carbons (Fsp3) is 0.571. The minimum absolute atomic E-state index is 0.603. The summed E-state index contributed by atoms with van der Waals surface area (Å²) in [5.74, 6) is 1.70. The number of fused-ring (bicyclic) bond motifs is 2. The molecule has 0 aromatic carbocycles. The fourth-order valence-corrected chi connectivity index (χ4v) is 3.26. The summed E-state index contributed by atoms with van der Waals surface area (Å²) in [6.07, 6.45) is 11.6. The van der Waals surface area contributed by atoms with Crippen LogP contribution < -0.4 is 5.32 Å². The van der Waals surface area contributed by atoms with E-state index in [9.17, 15) is 0 Å². The monoisotopic (exact) mass is 217 g/mol. The van der Waals surface area contributed by atoms with Crippen LogP contribution in [0.2, 0.25) is 0 Å². The molecule has 0 saturated carbocycles. The normalized spacial score (nSPS) is 32.9. The summed E-state index contributed by atoms with van der Waals surface area (Å²) in [7, 11) is 1.79. The van der Waals surface area contributed by atoms with Crippen molar-refractivity contribution in [3.8, 4) is 0 Å². The third-order valence-corrected chi connectivity index (χ3v) is 3.99. The smallest absolute Gasteiger partial charge is 0.122 e. The molecular formula is C14H19NO. The standard InChI is InChI=1S/C14H19NO/c1-16-13-6-2-4-10-7-8-12-11(14(10)13)5-3-9-15-12/h2,4,6,10,12,15H,3,5,7-9H2,1H3. The molecule has 2 atom stereocenters. The Bertz CT molecular complexity index is 378. The molecule has 2 nitrogen and oxygen atoms in total. The van der Waals surface area contributed by atoms with Crippen LogP contribution in [-0.2, 0) is 4.74 Å². The fourth-order valence-electron chi connectivity index (χ4n) is 3.26. The van der Waals surface area contributed by atoms with Crippen LogP contribution in [0, 0.1) is 5.92 Å². The Hall–Kier alpha value is -1.02. The quantitative estimate of drug-likeness (QED) is 0.729. The summed E-state index contributed by atoms with van der Waals surface area (Å²) in [5.41, 5.74) is 3.09. The maximum atomic E-state index is 5.53. The van der Waals surface area contributed by atoms with Crippen molar-refractivity contribution in [3.05, 3.63) is 35.1 Å². The number of piperidine rings is 1. The Labute approximate surface area is 97.1 Å². The van der Waals surface area contributed by atoms with Crippen LogP contribution in [0.25, 0.3) is 0 Å². The van der Waals surface area contributed by atoms with Crippen molar-refractivity contribution >= 4 is 0 Å². The molecule has 2 unspecified atom stereocenters. The molecule has 1 N–H and O–H groups in total. The van der Waals surface area contributed by atoms with Gasteiger partial charge in [-0.1, -0.05) is 12.2 Å². The minimum atomic E-state index is 0.603. The zero-order chi connectivity index (χ0) is 11.0. The van der Waals surface area contributed by atoms with E-state index >= 15 is 0 Å². The lowest BCUT2D eigenvalue weighted by molar-refractivity contribution is 0.282. The predicted molar refractivity (Wildman–Crippen MR) is 65.0 cm³/mol. The van der Waals surface area contributed by atoms with Gasteiger partial charge >= 0.3 is 0 Å². The summed E-state index contributed by atoms with van der Waals surface area (Å²) in [6.45, 7) is 1.17. The lowest BCUT2D eigenvalue weighted by Crippen LogP contribution is -2.40. The van der Waals surface area contributed by atoms with Gasteiger partial charge in [0.15, 0.2) is 0 Å². The molecule has 1 saturated heterocycles. The van der Waals surface area contributed by atoms with Gasteiger partial charge < -0.3 is 10.1 Å². The SMILES string of the molecule is COC1=CC=CC2CCC3NCCCC3=C12. The Morgan fingerprint density at radius 1 is 1.38 bits per heavy atom. The van der Waals surface area contributed by atoms with Gasteiger partial charge in [0, 0.05) is 17.5 Å². The lowest BCUT2D eigenvalue weighted by Gasteiger charge is -2.38. The third-order valence-electron chi connectivity index (χ3n) is 3.99. The van der Waals surface area contributed by atoms with Crippen LogP contribution in [-0.4, -0.2) is 19.7 Å². The first kappa shape index (κ1) is 10.2. The highest BCUT2D eigenvalue weighted by Crippen LogP contribution is 2.40. The highest BCUT2D eigenvalue weighted by Gasteiger charge is 2.32. The number of methoxy groups -OCH3 is 1. The summed E-state index contributed by atoms with van der Waals surface area (Å²) in [6, 6.07) is 0.616. The van der Waals surface area contributed by atoms with Gasteiger partial charge in [-0.2, -0.15) is 0 Å². The lowest BCUT2D eigenvalue weighted by atomic mass is 9.74. The molecule has 1 fully saturated rings. The number of rotatable bonds is 1. The summed E-state index contributed by atoms with van der Waals surface area (Å²) >= 11 is 0. The van der Waals surface area contributed by atoms with E-state index in [1.165, 1.54) is 37.8 Å². The second-order valence-corrected chi connectivity index (χ2v) is 4.85. The molecule has 2 aliphatic carbocycles. The third kappa shape index (κ3) is 1.52. The largest absolute Gasteiger partial charge is 0.496 e. The number of hydrogen-bond acceptors (Lipinski definition) is 2. The Morgan fingerprint density at radius 2 is 2.31 bits per heavy atom. The average Bonchev–Trinajstić information content (AvgIpc) is 2.37. The van der Waals surface area contributed by atoms with Crippen LogP contribution in [0.3, 0.4) is 0 Å². The van der Waals surface area contributed by atoms with Gasteiger partial charge in [-0.15, -0.1) is 0 Å². The molecule has 1 aliphatic heterocycles. The molecule has 1 heterocycles. The first-order chi connectivity index (χ1) is 7.90. The zero-order valence-electron chi connectivity index (χ0n) is 9.83. The second kappa shape index (κ2) is 4.10. The van der Waals surface area contributed by atoms with Crippen molar-refractivity contribution in [2.45, 2.75) is 31.7 Å². The van der Waals surface area contributed by atoms with Gasteiger partial charge in [0.2, 0.25) is 0 Å². The van der Waals surface area contributed by atoms with Crippen molar-refractivity contribution < 1.29 is 4.74 Å². The first-order valence-electron chi connectivity index (χ1n) is 6.29. The molecule has 86 valence electrons. The van der Waals surface area contributed by atoms with Gasteiger partial charge in [-0.05, 0) is 43.9 Å². The van der Waals surface area contributed by atoms with Crippen LogP contribution >= 0.6 is 0 Å². The number of nitrogens with one attached hydrogen (secondary N) is 1. The number of allylic oxidation sites excluding steroid dienone is 4. The van der Waals surface area contributed by atoms with E-state index in [2.05, 4.69) is 23.5 Å². The maximum Gasteiger partial charge on any atom is 0.122 e. The van der Waals surface area contributed by atoms with Gasteiger partial charge in [-0.3, -0.25) is 0 Å². The Morgan fingerprint density at radius 3 is 3.19 bits per heavy atom. The van der Waals surface area contributed by atoms with Gasteiger partial charge in [0.1, 0.15) is 5.76 Å². The highest BCUT2D eigenvalue weighted by atomic mass is 16.5. The molecule has 0 spiro atoms. The number of ether oxygens (including phenoxy) is 1. The number of hydrogen-bond donors (Lipinski definition) is 1. The van der Waals surface area contributed by atoms with E-state index in [1.54, 1.807) is 12.7 Å². The molecule has 2 heteroatoms. The van der Waals surface area contributed by atoms with E-state index in [1.807, 2.05) is 0 Å². The molecule has 0 amide bonds. The van der Waals surface area contributed by atoms with Crippen molar-refractivity contribution in [2.24, 2.45) is 5.92 Å². The maximum absolute atomic E-state index is 5.53. The van der Waals surface area contributed by atoms with E-state index in [0.717, 1.165) is 5.76 Å². The molecule has 0 radical (unpaired) electrons. The highest BCUT2D eigenvalue weighted by molar-refractivity contribution is 5.45. The van der Waals surface area contributed by atoms with E-state index in [4.69, 9.17) is 4.74 Å². The van der Waals surface area contributed by atoms with Crippen molar-refractivity contribution in [1.29, 1.82) is 0 Å². The summed E-state index contributed by atoms with van der Waals surface area (Å²) in [4.78, 5) is 0. The van der Waals surface area contributed by atoms with E-state index in [-0.39, 0.29) is 0 Å². The molecule has 0 aromatic heterocycles. The van der Waals surface area contributed by atoms with Crippen LogP contribution in [0.4, 0.5) is 0 Å². The minimum Gasteiger partial charge on any atom is -0.496 e. The van der Waals surface area contributed by atoms with Crippen molar-refractivity contribution in [2.75, 3.05) is 13.7 Å². The van der Waals surface area contributed by atoms with Crippen LogP contribution in [0.1, 0.15) is 25.7 Å². The summed E-state index contributed by atoms with van der Waals surface area (Å²) in [5, 5.41) is 3.63.